The average molecular weight is 362 g/mol. The molecule has 0 saturated carbocycles. The fourth-order valence-electron chi connectivity index (χ4n) is 1.86. The van der Waals surface area contributed by atoms with E-state index in [0.29, 0.717) is 36.7 Å². The van der Waals surface area contributed by atoms with Gasteiger partial charge in [0.15, 0.2) is 5.78 Å². The molecule has 1 aromatic rings. The van der Waals surface area contributed by atoms with Crippen molar-refractivity contribution in [2.75, 3.05) is 19.8 Å². The molecule has 0 radical (unpaired) electrons. The molecule has 23 heavy (non-hydrogen) atoms. The van der Waals surface area contributed by atoms with Crippen molar-refractivity contribution in [3.63, 3.8) is 0 Å². The zero-order valence-electron chi connectivity index (χ0n) is 13.1. The monoisotopic (exact) mass is 362 g/mol. The third-order valence-corrected chi connectivity index (χ3v) is 4.38. The molecule has 1 atom stereocenters. The predicted molar refractivity (Wildman–Crippen MR) is 92.0 cm³/mol. The molecule has 0 heterocycles. The van der Waals surface area contributed by atoms with Crippen LogP contribution >= 0.6 is 24.0 Å². The number of carbonyl (C=O) groups is 1. The van der Waals surface area contributed by atoms with E-state index in [-0.39, 0.29) is 23.0 Å². The molecule has 128 valence electrons. The summed E-state index contributed by atoms with van der Waals surface area (Å²) < 4.78 is 37.5. The van der Waals surface area contributed by atoms with E-state index < -0.39 is 11.6 Å². The minimum atomic E-state index is -0.839. The quantitative estimate of drug-likeness (QED) is 0.481. The maximum absolute atomic E-state index is 13.6. The summed E-state index contributed by atoms with van der Waals surface area (Å²) in [6.07, 6.45) is 0.593. The first kappa shape index (κ1) is 20.0. The van der Waals surface area contributed by atoms with Gasteiger partial charge in [-0.05, 0) is 44.6 Å². The molecule has 0 aliphatic carbocycles. The third-order valence-electron chi connectivity index (χ3n) is 2.96. The number of halogens is 2. The largest absolute Gasteiger partial charge is 0.479 e. The number of thioether (sulfide) groups is 1. The SMILES string of the molecule is CCOCC(CCC(=O)c1ccc(F)cc1F)SC(=S)OCC. The van der Waals surface area contributed by atoms with Gasteiger partial charge in [0.25, 0.3) is 0 Å². The van der Waals surface area contributed by atoms with E-state index in [1.807, 2.05) is 13.8 Å². The van der Waals surface area contributed by atoms with Gasteiger partial charge >= 0.3 is 0 Å². The molecule has 0 aliphatic heterocycles. The summed E-state index contributed by atoms with van der Waals surface area (Å²) in [7, 11) is 0. The second-order valence-electron chi connectivity index (χ2n) is 4.67. The van der Waals surface area contributed by atoms with E-state index in [1.54, 1.807) is 0 Å². The summed E-state index contributed by atoms with van der Waals surface area (Å²) in [5, 5.41) is -0.0542. The lowest BCUT2D eigenvalue weighted by molar-refractivity contribution is 0.0968. The molecule has 3 nitrogen and oxygen atoms in total. The topological polar surface area (TPSA) is 35.5 Å². The Morgan fingerprint density at radius 1 is 1.30 bits per heavy atom. The average Bonchev–Trinajstić information content (AvgIpc) is 2.49. The number of ketones is 1. The summed E-state index contributed by atoms with van der Waals surface area (Å²) >= 11 is 6.42. The molecular weight excluding hydrogens is 342 g/mol. The molecule has 0 aliphatic rings. The third kappa shape index (κ3) is 7.37. The molecule has 0 spiro atoms. The fraction of sp³-hybridized carbons (Fsp3) is 0.500. The minimum absolute atomic E-state index is 0.0542. The van der Waals surface area contributed by atoms with Gasteiger partial charge in [-0.25, -0.2) is 8.78 Å². The standard InChI is InChI=1S/C16H20F2O3S2/c1-3-20-10-12(23-16(22)21-4-2)6-8-15(19)13-7-5-11(17)9-14(13)18/h5,7,9,12H,3-4,6,8,10H2,1-2H3. The number of hydrogen-bond acceptors (Lipinski definition) is 5. The van der Waals surface area contributed by atoms with E-state index >= 15 is 0 Å². The summed E-state index contributed by atoms with van der Waals surface area (Å²) in [5.74, 6) is -1.91. The lowest BCUT2D eigenvalue weighted by atomic mass is 10.0. The number of Topliss-reactive ketones (excluding diaryl/α,β-unsaturated/α-hetero) is 1. The summed E-state index contributed by atoms with van der Waals surface area (Å²) in [6, 6.07) is 2.96. The molecule has 0 N–H and O–H groups in total. The van der Waals surface area contributed by atoms with Gasteiger partial charge in [-0.15, -0.1) is 0 Å². The van der Waals surface area contributed by atoms with Crippen LogP contribution in [0, 0.1) is 11.6 Å². The maximum atomic E-state index is 13.6. The van der Waals surface area contributed by atoms with Gasteiger partial charge in [-0.2, -0.15) is 0 Å². The van der Waals surface area contributed by atoms with Crippen LogP contribution in [0.5, 0.6) is 0 Å². The Labute approximate surface area is 144 Å². The molecule has 0 aromatic heterocycles. The highest BCUT2D eigenvalue weighted by atomic mass is 32.2. The van der Waals surface area contributed by atoms with Crippen molar-refractivity contribution >= 4 is 34.1 Å². The fourth-order valence-corrected chi connectivity index (χ4v) is 3.24. The Kier molecular flexibility index (Phi) is 9.28. The second-order valence-corrected chi connectivity index (χ2v) is 6.57. The first-order valence-electron chi connectivity index (χ1n) is 7.37. The van der Waals surface area contributed by atoms with Gasteiger partial charge < -0.3 is 9.47 Å². The molecule has 0 fully saturated rings. The van der Waals surface area contributed by atoms with E-state index in [2.05, 4.69) is 0 Å². The summed E-state index contributed by atoms with van der Waals surface area (Å²) in [4.78, 5) is 12.1. The normalized spacial score (nSPS) is 12.0. The Morgan fingerprint density at radius 2 is 2.04 bits per heavy atom. The van der Waals surface area contributed by atoms with Gasteiger partial charge in [0.1, 0.15) is 11.6 Å². The van der Waals surface area contributed by atoms with Crippen LogP contribution in [0.3, 0.4) is 0 Å². The van der Waals surface area contributed by atoms with Crippen LogP contribution in [-0.4, -0.2) is 35.2 Å². The van der Waals surface area contributed by atoms with Gasteiger partial charge in [0.05, 0.1) is 18.8 Å². The predicted octanol–water partition coefficient (Wildman–Crippen LogP) is 4.39. The van der Waals surface area contributed by atoms with E-state index in [9.17, 15) is 13.6 Å². The zero-order chi connectivity index (χ0) is 17.2. The Morgan fingerprint density at radius 3 is 2.65 bits per heavy atom. The van der Waals surface area contributed by atoms with Crippen LogP contribution in [0.1, 0.15) is 37.0 Å². The van der Waals surface area contributed by atoms with Gasteiger partial charge in [-0.1, -0.05) is 11.8 Å². The van der Waals surface area contributed by atoms with E-state index in [0.717, 1.165) is 6.07 Å². The highest BCUT2D eigenvalue weighted by Gasteiger charge is 2.18. The lowest BCUT2D eigenvalue weighted by Crippen LogP contribution is -2.17. The number of thiocarbonyl (C=S) groups is 1. The van der Waals surface area contributed by atoms with Crippen LogP contribution in [0.4, 0.5) is 8.78 Å². The lowest BCUT2D eigenvalue weighted by Gasteiger charge is -2.16. The van der Waals surface area contributed by atoms with Crippen molar-refractivity contribution in [1.82, 2.24) is 0 Å². The van der Waals surface area contributed by atoms with Crippen molar-refractivity contribution < 1.29 is 23.0 Å². The summed E-state index contributed by atoms with van der Waals surface area (Å²) in [5.41, 5.74) is -0.0982. The first-order chi connectivity index (χ1) is 11.0. The van der Waals surface area contributed by atoms with Crippen molar-refractivity contribution in [3.8, 4) is 0 Å². The molecule has 0 bridgehead atoms. The second kappa shape index (κ2) is 10.7. The van der Waals surface area contributed by atoms with E-state index in [1.165, 1.54) is 17.8 Å². The minimum Gasteiger partial charge on any atom is -0.479 e. The molecule has 1 aromatic carbocycles. The molecular formula is C16H20F2O3S2. The summed E-state index contributed by atoms with van der Waals surface area (Å²) in [6.45, 7) is 5.17. The van der Waals surface area contributed by atoms with Crippen LogP contribution in [0.15, 0.2) is 18.2 Å². The van der Waals surface area contributed by atoms with E-state index in [4.69, 9.17) is 21.7 Å². The number of benzene rings is 1. The highest BCUT2D eigenvalue weighted by molar-refractivity contribution is 8.23. The first-order valence-corrected chi connectivity index (χ1v) is 8.66. The van der Waals surface area contributed by atoms with Crippen LogP contribution in [0.25, 0.3) is 0 Å². The van der Waals surface area contributed by atoms with Crippen LogP contribution in [0.2, 0.25) is 0 Å². The van der Waals surface area contributed by atoms with Gasteiger partial charge in [0, 0.05) is 24.3 Å². The molecule has 1 unspecified atom stereocenters. The van der Waals surface area contributed by atoms with Crippen LogP contribution < -0.4 is 0 Å². The smallest absolute Gasteiger partial charge is 0.220 e. The number of rotatable bonds is 9. The van der Waals surface area contributed by atoms with Crippen molar-refractivity contribution in [2.45, 2.75) is 31.9 Å². The Balaban J connectivity index is 2.61. The van der Waals surface area contributed by atoms with Gasteiger partial charge in [-0.3, -0.25) is 4.79 Å². The highest BCUT2D eigenvalue weighted by Crippen LogP contribution is 2.22. The Hall–Kier alpha value is -1.05. The maximum Gasteiger partial charge on any atom is 0.220 e. The number of hydrogen-bond donors (Lipinski definition) is 0. The van der Waals surface area contributed by atoms with Gasteiger partial charge in [0.2, 0.25) is 4.38 Å². The number of ether oxygens (including phenoxy) is 2. The molecule has 0 amide bonds. The van der Waals surface area contributed by atoms with Crippen LogP contribution in [-0.2, 0) is 9.47 Å². The molecule has 0 saturated heterocycles. The van der Waals surface area contributed by atoms with Crippen molar-refractivity contribution in [1.29, 1.82) is 0 Å². The number of carbonyl (C=O) groups excluding carboxylic acids is 1. The zero-order valence-corrected chi connectivity index (χ0v) is 14.8. The molecule has 1 rings (SSSR count). The molecule has 7 heteroatoms. The van der Waals surface area contributed by atoms with Crippen molar-refractivity contribution in [3.05, 3.63) is 35.4 Å². The Bertz CT molecular complexity index is 538. The van der Waals surface area contributed by atoms with Crippen molar-refractivity contribution in [2.24, 2.45) is 0 Å².